The Morgan fingerprint density at radius 1 is 0.800 bits per heavy atom. The van der Waals surface area contributed by atoms with Crippen molar-refractivity contribution in [1.29, 1.82) is 0 Å². The molecule has 0 saturated heterocycles. The van der Waals surface area contributed by atoms with Gasteiger partial charge in [-0.25, -0.2) is 0 Å². The van der Waals surface area contributed by atoms with E-state index in [0.717, 1.165) is 6.92 Å². The Hall–Kier alpha value is -0.530. The van der Waals surface area contributed by atoms with Crippen molar-refractivity contribution in [3.8, 4) is 0 Å². The minimum Gasteiger partial charge on any atom is -0.481 e. The van der Waals surface area contributed by atoms with Crippen LogP contribution in [0.1, 0.15) is 78.6 Å². The second-order valence-corrected chi connectivity index (χ2v) is 3.99. The Morgan fingerprint density at radius 2 is 1.00 bits per heavy atom. The Morgan fingerprint density at radius 3 is 1.20 bits per heavy atom. The molecule has 0 unspecified atom stereocenters. The van der Waals surface area contributed by atoms with E-state index in [-0.39, 0.29) is 0 Å². The summed E-state index contributed by atoms with van der Waals surface area (Å²) in [6, 6.07) is 0. The molecule has 0 heterocycles. The van der Waals surface area contributed by atoms with Crippen LogP contribution in [-0.4, -0.2) is 11.1 Å². The maximum atomic E-state index is 9.00. The number of hydrogen-bond acceptors (Lipinski definition) is 1. The van der Waals surface area contributed by atoms with Crippen molar-refractivity contribution in [3.05, 3.63) is 0 Å². The minimum atomic E-state index is -0.833. The maximum absolute atomic E-state index is 9.00. The molecule has 0 aliphatic carbocycles. The lowest BCUT2D eigenvalue weighted by Crippen LogP contribution is -1.79. The summed E-state index contributed by atoms with van der Waals surface area (Å²) >= 11 is 0. The fourth-order valence-electron chi connectivity index (χ4n) is 1.38. The zero-order valence-corrected chi connectivity index (χ0v) is 10.7. The summed E-state index contributed by atoms with van der Waals surface area (Å²) in [5, 5.41) is 7.42. The molecule has 0 aromatic rings. The summed E-state index contributed by atoms with van der Waals surface area (Å²) in [7, 11) is 0. The van der Waals surface area contributed by atoms with E-state index in [1.54, 1.807) is 0 Å². The molecule has 0 aromatic carbocycles. The molecule has 92 valence electrons. The van der Waals surface area contributed by atoms with Crippen LogP contribution in [0.3, 0.4) is 0 Å². The largest absolute Gasteiger partial charge is 0.481 e. The lowest BCUT2D eigenvalue weighted by Gasteiger charge is -1.98. The fourth-order valence-corrected chi connectivity index (χ4v) is 1.38. The summed E-state index contributed by atoms with van der Waals surface area (Å²) in [5.41, 5.74) is 0. The molecule has 0 spiro atoms. The summed E-state index contributed by atoms with van der Waals surface area (Å²) in [6.45, 7) is 5.63. The zero-order chi connectivity index (χ0) is 11.9. The number of unbranched alkanes of at least 4 members (excludes halogenated alkanes) is 8. The van der Waals surface area contributed by atoms with Gasteiger partial charge in [0.15, 0.2) is 0 Å². The number of hydrogen-bond donors (Lipinski definition) is 1. The SMILES string of the molecule is CC(=O)O.CCCCCCCCCCC. The second kappa shape index (κ2) is 15.9. The quantitative estimate of drug-likeness (QED) is 0.601. The standard InChI is InChI=1S/C11H24.C2H4O2/c1-3-5-7-9-11-10-8-6-4-2;1-2(3)4/h3-11H2,1-2H3;1H3,(H,3,4). The van der Waals surface area contributed by atoms with Crippen LogP contribution in [0.2, 0.25) is 0 Å². The summed E-state index contributed by atoms with van der Waals surface area (Å²) in [6.07, 6.45) is 13.0. The van der Waals surface area contributed by atoms with Crippen molar-refractivity contribution in [2.75, 3.05) is 0 Å². The molecule has 0 aliphatic heterocycles. The van der Waals surface area contributed by atoms with Crippen LogP contribution in [-0.2, 0) is 4.79 Å². The molecular formula is C13H28O2. The summed E-state index contributed by atoms with van der Waals surface area (Å²) in [4.78, 5) is 9.00. The lowest BCUT2D eigenvalue weighted by atomic mass is 10.1. The normalized spacial score (nSPS) is 9.27. The molecule has 0 rings (SSSR count). The molecule has 2 heteroatoms. The number of carboxylic acid groups (broad SMARTS) is 1. The van der Waals surface area contributed by atoms with Gasteiger partial charge in [0, 0.05) is 6.92 Å². The van der Waals surface area contributed by atoms with Gasteiger partial charge in [0.05, 0.1) is 0 Å². The van der Waals surface area contributed by atoms with E-state index in [1.807, 2.05) is 0 Å². The van der Waals surface area contributed by atoms with Gasteiger partial charge in [0.2, 0.25) is 0 Å². The molecule has 1 N–H and O–H groups in total. The van der Waals surface area contributed by atoms with Gasteiger partial charge >= 0.3 is 0 Å². The van der Waals surface area contributed by atoms with E-state index in [2.05, 4.69) is 13.8 Å². The first-order chi connectivity index (χ1) is 7.15. The number of aliphatic carboxylic acids is 1. The predicted molar refractivity (Wildman–Crippen MR) is 66.2 cm³/mol. The number of rotatable bonds is 8. The molecule has 2 nitrogen and oxygen atoms in total. The smallest absolute Gasteiger partial charge is 0.300 e. The van der Waals surface area contributed by atoms with Gasteiger partial charge in [-0.3, -0.25) is 4.79 Å². The van der Waals surface area contributed by atoms with E-state index in [0.29, 0.717) is 0 Å². The third-order valence-electron chi connectivity index (χ3n) is 2.21. The van der Waals surface area contributed by atoms with Crippen molar-refractivity contribution >= 4 is 5.97 Å². The molecular weight excluding hydrogens is 188 g/mol. The van der Waals surface area contributed by atoms with Crippen molar-refractivity contribution in [2.45, 2.75) is 78.6 Å². The van der Waals surface area contributed by atoms with Crippen LogP contribution in [0.25, 0.3) is 0 Å². The maximum Gasteiger partial charge on any atom is 0.300 e. The zero-order valence-electron chi connectivity index (χ0n) is 10.7. The first kappa shape index (κ1) is 16.9. The molecule has 0 aromatic heterocycles. The van der Waals surface area contributed by atoms with Crippen molar-refractivity contribution < 1.29 is 9.90 Å². The molecule has 15 heavy (non-hydrogen) atoms. The first-order valence-electron chi connectivity index (χ1n) is 6.34. The van der Waals surface area contributed by atoms with E-state index in [1.165, 1.54) is 57.8 Å². The van der Waals surface area contributed by atoms with Gasteiger partial charge in [-0.1, -0.05) is 71.6 Å². The van der Waals surface area contributed by atoms with Crippen LogP contribution in [0.15, 0.2) is 0 Å². The highest BCUT2D eigenvalue weighted by Gasteiger charge is 1.88. The van der Waals surface area contributed by atoms with Crippen molar-refractivity contribution in [1.82, 2.24) is 0 Å². The average Bonchev–Trinajstić information content (AvgIpc) is 2.16. The van der Waals surface area contributed by atoms with Crippen molar-refractivity contribution in [3.63, 3.8) is 0 Å². The number of carboxylic acids is 1. The van der Waals surface area contributed by atoms with E-state index in [9.17, 15) is 0 Å². The van der Waals surface area contributed by atoms with E-state index >= 15 is 0 Å². The third kappa shape index (κ3) is 31.8. The lowest BCUT2D eigenvalue weighted by molar-refractivity contribution is -0.134. The molecule has 0 amide bonds. The molecule has 0 atom stereocenters. The first-order valence-corrected chi connectivity index (χ1v) is 6.34. The molecule has 0 bridgehead atoms. The molecule has 0 fully saturated rings. The Bertz CT molecular complexity index is 110. The van der Waals surface area contributed by atoms with Gasteiger partial charge in [-0.2, -0.15) is 0 Å². The molecule has 0 radical (unpaired) electrons. The highest BCUT2D eigenvalue weighted by Crippen LogP contribution is 2.08. The van der Waals surface area contributed by atoms with Gasteiger partial charge in [-0.05, 0) is 0 Å². The Balaban J connectivity index is 0. The predicted octanol–water partition coefficient (Wildman–Crippen LogP) is 4.63. The number of carbonyl (C=O) groups is 1. The molecule has 0 saturated carbocycles. The van der Waals surface area contributed by atoms with Gasteiger partial charge in [0.25, 0.3) is 5.97 Å². The minimum absolute atomic E-state index is 0.833. The topological polar surface area (TPSA) is 37.3 Å². The fraction of sp³-hybridized carbons (Fsp3) is 0.923. The highest BCUT2D eigenvalue weighted by atomic mass is 16.4. The average molecular weight is 216 g/mol. The van der Waals surface area contributed by atoms with Crippen molar-refractivity contribution in [2.24, 2.45) is 0 Å². The van der Waals surface area contributed by atoms with Gasteiger partial charge in [0.1, 0.15) is 0 Å². The third-order valence-corrected chi connectivity index (χ3v) is 2.21. The van der Waals surface area contributed by atoms with E-state index < -0.39 is 5.97 Å². The highest BCUT2D eigenvalue weighted by molar-refractivity contribution is 5.62. The van der Waals surface area contributed by atoms with Gasteiger partial charge in [-0.15, -0.1) is 0 Å². The Kier molecular flexibility index (Phi) is 17.9. The van der Waals surface area contributed by atoms with Crippen LogP contribution >= 0.6 is 0 Å². The summed E-state index contributed by atoms with van der Waals surface area (Å²) < 4.78 is 0. The van der Waals surface area contributed by atoms with Crippen LogP contribution in [0.5, 0.6) is 0 Å². The van der Waals surface area contributed by atoms with E-state index in [4.69, 9.17) is 9.90 Å². The van der Waals surface area contributed by atoms with Crippen LogP contribution in [0, 0.1) is 0 Å². The molecule has 0 aliphatic rings. The monoisotopic (exact) mass is 216 g/mol. The second-order valence-electron chi connectivity index (χ2n) is 3.99. The van der Waals surface area contributed by atoms with Gasteiger partial charge < -0.3 is 5.11 Å². The Labute approximate surface area is 95.1 Å². The van der Waals surface area contributed by atoms with Crippen LogP contribution in [0.4, 0.5) is 0 Å². The van der Waals surface area contributed by atoms with Crippen LogP contribution < -0.4 is 0 Å². The summed E-state index contributed by atoms with van der Waals surface area (Å²) in [5.74, 6) is -0.833.